The highest BCUT2D eigenvalue weighted by Gasteiger charge is 2.06. The number of hydrogen-bond donors (Lipinski definition) is 1. The maximum absolute atomic E-state index is 9.55. The highest BCUT2D eigenvalue weighted by Crippen LogP contribution is 2.22. The van der Waals surface area contributed by atoms with Crippen molar-refractivity contribution in [3.8, 4) is 17.1 Å². The van der Waals surface area contributed by atoms with Crippen LogP contribution in [0.1, 0.15) is 4.88 Å². The van der Waals surface area contributed by atoms with Gasteiger partial charge in [0.2, 0.25) is 0 Å². The van der Waals surface area contributed by atoms with Crippen molar-refractivity contribution >= 4 is 11.3 Å². The molecule has 3 aromatic rings. The van der Waals surface area contributed by atoms with Gasteiger partial charge in [0.15, 0.2) is 0 Å². The minimum atomic E-state index is 0.269. The molecule has 0 atom stereocenters. The Balaban J connectivity index is 1.82. The number of thiophene rings is 1. The lowest BCUT2D eigenvalue weighted by Crippen LogP contribution is -2.01. The van der Waals surface area contributed by atoms with E-state index in [1.807, 2.05) is 18.3 Å². The van der Waals surface area contributed by atoms with Crippen LogP contribution in [0.4, 0.5) is 0 Å². The van der Waals surface area contributed by atoms with E-state index in [0.29, 0.717) is 0 Å². The van der Waals surface area contributed by atoms with Crippen LogP contribution in [-0.2, 0) is 13.0 Å². The van der Waals surface area contributed by atoms with E-state index in [0.717, 1.165) is 24.4 Å². The van der Waals surface area contributed by atoms with Crippen molar-refractivity contribution in [1.29, 1.82) is 0 Å². The zero-order valence-corrected chi connectivity index (χ0v) is 11.2. The fourth-order valence-corrected chi connectivity index (χ4v) is 2.78. The Bertz CT molecular complexity index is 658. The molecule has 1 aromatic carbocycles. The number of aryl methyl sites for hydroxylation is 2. The Morgan fingerprint density at radius 1 is 1.21 bits per heavy atom. The van der Waals surface area contributed by atoms with E-state index in [1.54, 1.807) is 29.7 Å². The molecule has 3 rings (SSSR count). The topological polar surface area (TPSA) is 38.1 Å². The molecule has 0 unspecified atom stereocenters. The lowest BCUT2D eigenvalue weighted by Gasteiger charge is -2.07. The van der Waals surface area contributed by atoms with Crippen LogP contribution in [0.15, 0.2) is 54.2 Å². The first-order chi connectivity index (χ1) is 9.33. The summed E-state index contributed by atoms with van der Waals surface area (Å²) < 4.78 is 2.12. The van der Waals surface area contributed by atoms with E-state index in [-0.39, 0.29) is 5.75 Å². The Morgan fingerprint density at radius 3 is 2.95 bits per heavy atom. The van der Waals surface area contributed by atoms with Crippen LogP contribution in [0.5, 0.6) is 5.75 Å². The molecular weight excluding hydrogens is 256 g/mol. The van der Waals surface area contributed by atoms with Crippen LogP contribution in [0, 0.1) is 0 Å². The molecule has 0 aliphatic carbocycles. The number of hydrogen-bond acceptors (Lipinski definition) is 3. The van der Waals surface area contributed by atoms with Crippen molar-refractivity contribution in [2.75, 3.05) is 0 Å². The van der Waals surface area contributed by atoms with E-state index in [1.165, 1.54) is 4.88 Å². The molecule has 2 heterocycles. The molecule has 0 spiro atoms. The van der Waals surface area contributed by atoms with Crippen molar-refractivity contribution in [3.63, 3.8) is 0 Å². The molecule has 2 aromatic heterocycles. The Labute approximate surface area is 115 Å². The Morgan fingerprint density at radius 2 is 2.16 bits per heavy atom. The zero-order chi connectivity index (χ0) is 13.1. The monoisotopic (exact) mass is 270 g/mol. The SMILES string of the molecule is Oc1cccc(-c2nccn2CCc2cccs2)c1. The molecular formula is C15H14N2OS. The summed E-state index contributed by atoms with van der Waals surface area (Å²) in [6, 6.07) is 11.4. The number of phenolic OH excluding ortho intramolecular Hbond substituents is 1. The van der Waals surface area contributed by atoms with Gasteiger partial charge in [0.1, 0.15) is 11.6 Å². The smallest absolute Gasteiger partial charge is 0.140 e. The summed E-state index contributed by atoms with van der Waals surface area (Å²) in [4.78, 5) is 5.75. The number of phenols is 1. The summed E-state index contributed by atoms with van der Waals surface area (Å²) in [5.74, 6) is 1.16. The molecule has 0 aliphatic heterocycles. The van der Waals surface area contributed by atoms with Gasteiger partial charge >= 0.3 is 0 Å². The van der Waals surface area contributed by atoms with Crippen LogP contribution < -0.4 is 0 Å². The minimum absolute atomic E-state index is 0.269. The molecule has 0 saturated heterocycles. The fourth-order valence-electron chi connectivity index (χ4n) is 2.08. The van der Waals surface area contributed by atoms with Gasteiger partial charge in [0.05, 0.1) is 0 Å². The highest BCUT2D eigenvalue weighted by molar-refractivity contribution is 7.09. The highest BCUT2D eigenvalue weighted by atomic mass is 32.1. The third-order valence-corrected chi connectivity index (χ3v) is 3.94. The van der Waals surface area contributed by atoms with Gasteiger partial charge in [-0.2, -0.15) is 0 Å². The largest absolute Gasteiger partial charge is 0.508 e. The van der Waals surface area contributed by atoms with E-state index in [2.05, 4.69) is 27.1 Å². The molecule has 4 heteroatoms. The van der Waals surface area contributed by atoms with E-state index in [4.69, 9.17) is 0 Å². The second-order valence-corrected chi connectivity index (χ2v) is 5.36. The van der Waals surface area contributed by atoms with Crippen molar-refractivity contribution < 1.29 is 5.11 Å². The lowest BCUT2D eigenvalue weighted by atomic mass is 10.2. The van der Waals surface area contributed by atoms with Crippen LogP contribution >= 0.6 is 11.3 Å². The quantitative estimate of drug-likeness (QED) is 0.787. The molecule has 0 aliphatic rings. The summed E-state index contributed by atoms with van der Waals surface area (Å²) in [5.41, 5.74) is 0.941. The second-order valence-electron chi connectivity index (χ2n) is 4.32. The summed E-state index contributed by atoms with van der Waals surface area (Å²) in [5, 5.41) is 11.6. The van der Waals surface area contributed by atoms with Gasteiger partial charge in [-0.15, -0.1) is 11.3 Å². The number of benzene rings is 1. The fraction of sp³-hybridized carbons (Fsp3) is 0.133. The van der Waals surface area contributed by atoms with Gasteiger partial charge in [-0.3, -0.25) is 0 Å². The first-order valence-corrected chi connectivity index (χ1v) is 7.04. The average molecular weight is 270 g/mol. The predicted octanol–water partition coefficient (Wildman–Crippen LogP) is 3.56. The first kappa shape index (κ1) is 12.0. The van der Waals surface area contributed by atoms with Crippen molar-refractivity contribution in [2.24, 2.45) is 0 Å². The number of nitrogens with zero attached hydrogens (tertiary/aromatic N) is 2. The number of imidazole rings is 1. The third kappa shape index (κ3) is 2.69. The number of rotatable bonds is 4. The molecule has 0 amide bonds. The average Bonchev–Trinajstić information content (AvgIpc) is 3.08. The molecule has 0 saturated carbocycles. The number of aromatic hydroxyl groups is 1. The van der Waals surface area contributed by atoms with Gasteiger partial charge in [0.25, 0.3) is 0 Å². The molecule has 3 nitrogen and oxygen atoms in total. The summed E-state index contributed by atoms with van der Waals surface area (Å²) >= 11 is 1.78. The Kier molecular flexibility index (Phi) is 3.33. The summed E-state index contributed by atoms with van der Waals surface area (Å²) in [7, 11) is 0. The maximum Gasteiger partial charge on any atom is 0.140 e. The molecule has 0 fully saturated rings. The maximum atomic E-state index is 9.55. The van der Waals surface area contributed by atoms with Crippen molar-refractivity contribution in [3.05, 3.63) is 59.0 Å². The first-order valence-electron chi connectivity index (χ1n) is 6.16. The lowest BCUT2D eigenvalue weighted by molar-refractivity contribution is 0.475. The van der Waals surface area contributed by atoms with Gasteiger partial charge in [0, 0.05) is 29.4 Å². The van der Waals surface area contributed by atoms with Crippen LogP contribution in [-0.4, -0.2) is 14.7 Å². The van der Waals surface area contributed by atoms with E-state index < -0.39 is 0 Å². The van der Waals surface area contributed by atoms with Crippen molar-refractivity contribution in [1.82, 2.24) is 9.55 Å². The van der Waals surface area contributed by atoms with Gasteiger partial charge in [-0.1, -0.05) is 18.2 Å². The van der Waals surface area contributed by atoms with Crippen LogP contribution in [0.2, 0.25) is 0 Å². The zero-order valence-electron chi connectivity index (χ0n) is 10.4. The van der Waals surface area contributed by atoms with Gasteiger partial charge in [-0.25, -0.2) is 4.98 Å². The minimum Gasteiger partial charge on any atom is -0.508 e. The Hall–Kier alpha value is -2.07. The molecule has 19 heavy (non-hydrogen) atoms. The molecule has 1 N–H and O–H groups in total. The third-order valence-electron chi connectivity index (χ3n) is 3.00. The normalized spacial score (nSPS) is 10.7. The van der Waals surface area contributed by atoms with Gasteiger partial charge in [-0.05, 0) is 30.0 Å². The second kappa shape index (κ2) is 5.28. The van der Waals surface area contributed by atoms with Crippen LogP contribution in [0.25, 0.3) is 11.4 Å². The van der Waals surface area contributed by atoms with E-state index in [9.17, 15) is 5.11 Å². The van der Waals surface area contributed by atoms with E-state index >= 15 is 0 Å². The van der Waals surface area contributed by atoms with Crippen molar-refractivity contribution in [2.45, 2.75) is 13.0 Å². The molecule has 0 bridgehead atoms. The summed E-state index contributed by atoms with van der Waals surface area (Å²) in [6.07, 6.45) is 4.78. The van der Waals surface area contributed by atoms with Crippen LogP contribution in [0.3, 0.4) is 0 Å². The standard InChI is InChI=1S/C15H14N2OS/c18-13-4-1-3-12(11-13)15-16-7-9-17(15)8-6-14-5-2-10-19-14/h1-5,7,9-11,18H,6,8H2. The summed E-state index contributed by atoms with van der Waals surface area (Å²) in [6.45, 7) is 0.894. The number of aromatic nitrogens is 2. The van der Waals surface area contributed by atoms with Gasteiger partial charge < -0.3 is 9.67 Å². The molecule has 96 valence electrons. The molecule has 0 radical (unpaired) electrons. The predicted molar refractivity (Wildman–Crippen MR) is 77.4 cm³/mol.